The van der Waals surface area contributed by atoms with E-state index in [2.05, 4.69) is 4.74 Å². The van der Waals surface area contributed by atoms with Crippen LogP contribution in [0.15, 0.2) is 24.3 Å². The predicted octanol–water partition coefficient (Wildman–Crippen LogP) is 1.97. The van der Waals surface area contributed by atoms with E-state index in [0.29, 0.717) is 5.75 Å². The average molecular weight is 415 g/mol. The molecule has 1 unspecified atom stereocenters. The number of methoxy groups -OCH3 is 2. The first kappa shape index (κ1) is 22.1. The van der Waals surface area contributed by atoms with Crippen LogP contribution in [-0.4, -0.2) is 59.7 Å². The summed E-state index contributed by atoms with van der Waals surface area (Å²) in [5.41, 5.74) is 0.0913. The van der Waals surface area contributed by atoms with Crippen molar-refractivity contribution in [3.8, 4) is 5.75 Å². The molecule has 1 heterocycles. The lowest BCUT2D eigenvalue weighted by Crippen LogP contribution is -2.45. The number of carbonyl (C=O) groups is 2. The number of hydrogen-bond acceptors (Lipinski definition) is 8. The number of amides is 1. The zero-order chi connectivity index (χ0) is 20.9. The molecule has 0 bridgehead atoms. The Balaban J connectivity index is 2.20. The van der Waals surface area contributed by atoms with Crippen LogP contribution in [0.25, 0.3) is 0 Å². The molecule has 10 heteroatoms. The highest BCUT2D eigenvalue weighted by Crippen LogP contribution is 2.22. The topological polar surface area (TPSA) is 101 Å². The third-order valence-corrected chi connectivity index (χ3v) is 4.51. The molecule has 9 nitrogen and oxygen atoms in total. The first-order valence-corrected chi connectivity index (χ1v) is 9.57. The Labute approximate surface area is 166 Å². The van der Waals surface area contributed by atoms with Gasteiger partial charge in [-0.25, -0.2) is 9.59 Å². The average Bonchev–Trinajstić information content (AvgIpc) is 3.00. The minimum atomic E-state index is -2.10. The second kappa shape index (κ2) is 9.35. The monoisotopic (exact) mass is 415 g/mol. The molecule has 1 saturated heterocycles. The fourth-order valence-electron chi connectivity index (χ4n) is 2.45. The Bertz CT molecular complexity index is 715. The number of esters is 1. The molecule has 1 fully saturated rings. The largest absolute Gasteiger partial charge is 0.497 e. The van der Waals surface area contributed by atoms with Gasteiger partial charge in [-0.15, -0.1) is 0 Å². The van der Waals surface area contributed by atoms with Gasteiger partial charge in [-0.05, 0) is 38.5 Å². The normalized spacial score (nSPS) is 21.8. The fourth-order valence-corrected chi connectivity index (χ4v) is 3.23. The quantitative estimate of drug-likeness (QED) is 0.650. The highest BCUT2D eigenvalue weighted by molar-refractivity contribution is 7.75. The Morgan fingerprint density at radius 2 is 1.79 bits per heavy atom. The van der Waals surface area contributed by atoms with E-state index in [4.69, 9.17) is 17.8 Å². The predicted molar refractivity (Wildman–Crippen MR) is 99.5 cm³/mol. The van der Waals surface area contributed by atoms with Gasteiger partial charge in [0.15, 0.2) is 0 Å². The maximum atomic E-state index is 12.7. The molecular weight excluding hydrogens is 390 g/mol. The van der Waals surface area contributed by atoms with Gasteiger partial charge in [-0.3, -0.25) is 8.37 Å². The first-order valence-electron chi connectivity index (χ1n) is 8.57. The summed E-state index contributed by atoms with van der Waals surface area (Å²) in [6, 6.07) is 7.14. The summed E-state index contributed by atoms with van der Waals surface area (Å²) in [7, 11) is 2.75. The van der Waals surface area contributed by atoms with Crippen molar-refractivity contribution in [3.63, 3.8) is 0 Å². The van der Waals surface area contributed by atoms with Gasteiger partial charge in [0.2, 0.25) is 6.10 Å². The van der Waals surface area contributed by atoms with Crippen molar-refractivity contribution in [1.29, 1.82) is 0 Å². The smallest absolute Gasteiger partial charge is 0.410 e. The van der Waals surface area contributed by atoms with Crippen molar-refractivity contribution in [1.82, 2.24) is 4.90 Å². The second-order valence-electron chi connectivity index (χ2n) is 7.09. The van der Waals surface area contributed by atoms with Crippen LogP contribution in [0.1, 0.15) is 26.3 Å². The van der Waals surface area contributed by atoms with E-state index in [9.17, 15) is 13.8 Å². The third-order valence-electron chi connectivity index (χ3n) is 3.74. The van der Waals surface area contributed by atoms with Crippen LogP contribution in [0.5, 0.6) is 5.75 Å². The Morgan fingerprint density at radius 1 is 1.14 bits per heavy atom. The number of rotatable bonds is 6. The molecule has 0 spiro atoms. The van der Waals surface area contributed by atoms with Crippen molar-refractivity contribution in [3.05, 3.63) is 29.8 Å². The molecule has 156 valence electrons. The third kappa shape index (κ3) is 6.18. The van der Waals surface area contributed by atoms with Gasteiger partial charge in [0.05, 0.1) is 20.8 Å². The molecule has 0 saturated carbocycles. The molecule has 2 rings (SSSR count). The van der Waals surface area contributed by atoms with Gasteiger partial charge in [0.1, 0.15) is 17.5 Å². The summed E-state index contributed by atoms with van der Waals surface area (Å²) in [6.45, 7) is 5.35. The number of nitrogens with zero attached hydrogens (tertiary/aromatic N) is 1. The van der Waals surface area contributed by atoms with Crippen LogP contribution in [0.2, 0.25) is 0 Å². The van der Waals surface area contributed by atoms with Gasteiger partial charge in [0.25, 0.3) is 0 Å². The second-order valence-corrected chi connectivity index (χ2v) is 7.88. The summed E-state index contributed by atoms with van der Waals surface area (Å²) in [5.74, 6) is -0.0503. The molecule has 1 aromatic carbocycles. The highest BCUT2D eigenvalue weighted by Gasteiger charge is 2.43. The zero-order valence-corrected chi connectivity index (χ0v) is 17.3. The maximum Gasteiger partial charge on any atom is 0.410 e. The van der Waals surface area contributed by atoms with Gasteiger partial charge in [-0.2, -0.15) is 4.21 Å². The Kier molecular flexibility index (Phi) is 7.39. The van der Waals surface area contributed by atoms with E-state index in [1.54, 1.807) is 52.1 Å². The van der Waals surface area contributed by atoms with Crippen LogP contribution < -0.4 is 4.74 Å². The van der Waals surface area contributed by atoms with Crippen molar-refractivity contribution < 1.29 is 36.4 Å². The van der Waals surface area contributed by atoms with E-state index >= 15 is 0 Å². The standard InChI is InChI=1S/C18H25NO8S/c1-18(2,3)25-17(21)19(10-12-6-8-13(23-4)9-7-12)11-14-15(16(20)24-5)27-28(22)26-14/h6-9,14-15H,10-11H2,1-5H3/t14-,15-,28?/m0/s1. The van der Waals surface area contributed by atoms with Crippen LogP contribution in [-0.2, 0) is 40.5 Å². The lowest BCUT2D eigenvalue weighted by Gasteiger charge is -2.29. The van der Waals surface area contributed by atoms with Crippen LogP contribution in [0.4, 0.5) is 4.79 Å². The molecule has 0 aromatic heterocycles. The van der Waals surface area contributed by atoms with E-state index in [1.807, 2.05) is 0 Å². The molecular formula is C18H25NO8S. The summed E-state index contributed by atoms with van der Waals surface area (Å²) < 4.78 is 37.0. The first-order chi connectivity index (χ1) is 13.1. The van der Waals surface area contributed by atoms with Gasteiger partial charge >= 0.3 is 23.4 Å². The summed E-state index contributed by atoms with van der Waals surface area (Å²) in [6.07, 6.45) is -2.76. The van der Waals surface area contributed by atoms with Crippen LogP contribution in [0.3, 0.4) is 0 Å². The number of carbonyl (C=O) groups excluding carboxylic acids is 2. The molecule has 1 amide bonds. The summed E-state index contributed by atoms with van der Waals surface area (Å²) in [5, 5.41) is 0. The van der Waals surface area contributed by atoms with E-state index in [1.165, 1.54) is 12.0 Å². The lowest BCUT2D eigenvalue weighted by atomic mass is 10.1. The Hall–Kier alpha value is -2.17. The minimum absolute atomic E-state index is 0.0769. The number of hydrogen-bond donors (Lipinski definition) is 0. The molecule has 0 N–H and O–H groups in total. The summed E-state index contributed by atoms with van der Waals surface area (Å²) in [4.78, 5) is 25.9. The fraction of sp³-hybridized carbons (Fsp3) is 0.556. The molecule has 3 atom stereocenters. The van der Waals surface area contributed by atoms with Gasteiger partial charge in [0, 0.05) is 6.54 Å². The van der Waals surface area contributed by atoms with E-state index in [-0.39, 0.29) is 13.1 Å². The number of benzene rings is 1. The zero-order valence-electron chi connectivity index (χ0n) is 16.5. The lowest BCUT2D eigenvalue weighted by molar-refractivity contribution is -0.150. The maximum absolute atomic E-state index is 12.7. The molecule has 0 radical (unpaired) electrons. The van der Waals surface area contributed by atoms with E-state index < -0.39 is 41.2 Å². The van der Waals surface area contributed by atoms with Crippen molar-refractivity contribution >= 4 is 23.4 Å². The molecule has 1 aromatic rings. The SMILES string of the molecule is COC(=O)[C@H]1OS(=O)O[C@H]1CN(Cc1ccc(OC)cc1)C(=O)OC(C)(C)C. The summed E-state index contributed by atoms with van der Waals surface area (Å²) >= 11 is -2.10. The molecule has 1 aliphatic rings. The highest BCUT2D eigenvalue weighted by atomic mass is 32.2. The van der Waals surface area contributed by atoms with Crippen molar-refractivity contribution in [2.24, 2.45) is 0 Å². The van der Waals surface area contributed by atoms with Gasteiger partial charge < -0.3 is 19.1 Å². The van der Waals surface area contributed by atoms with Crippen molar-refractivity contribution in [2.45, 2.75) is 45.1 Å². The molecule has 1 aliphatic heterocycles. The van der Waals surface area contributed by atoms with Crippen LogP contribution >= 0.6 is 0 Å². The van der Waals surface area contributed by atoms with Crippen molar-refractivity contribution in [2.75, 3.05) is 20.8 Å². The number of ether oxygens (including phenoxy) is 3. The van der Waals surface area contributed by atoms with Crippen LogP contribution in [0, 0.1) is 0 Å². The van der Waals surface area contributed by atoms with E-state index in [0.717, 1.165) is 5.56 Å². The minimum Gasteiger partial charge on any atom is -0.497 e. The Morgan fingerprint density at radius 3 is 2.32 bits per heavy atom. The van der Waals surface area contributed by atoms with Gasteiger partial charge in [-0.1, -0.05) is 12.1 Å². The molecule has 0 aliphatic carbocycles. The molecule has 28 heavy (non-hydrogen) atoms.